The minimum absolute atomic E-state index is 0.101. The minimum atomic E-state index is -2.91. The third-order valence-corrected chi connectivity index (χ3v) is 4.72. The second kappa shape index (κ2) is 5.86. The molecule has 1 unspecified atom stereocenters. The van der Waals surface area contributed by atoms with E-state index in [4.69, 9.17) is 9.05 Å². The van der Waals surface area contributed by atoms with Crippen molar-refractivity contribution in [2.24, 2.45) is 0 Å². The summed E-state index contributed by atoms with van der Waals surface area (Å²) in [5, 5.41) is 3.22. The van der Waals surface area contributed by atoms with Crippen LogP contribution in [0.5, 0.6) is 0 Å². The summed E-state index contributed by atoms with van der Waals surface area (Å²) < 4.78 is 22.8. The smallest absolute Gasteiger partial charge is 0.308 e. The highest BCUT2D eigenvalue weighted by Crippen LogP contribution is 2.53. The predicted octanol–water partition coefficient (Wildman–Crippen LogP) is 2.35. The number of nitrogens with one attached hydrogen (secondary N) is 1. The molecule has 1 heterocycles. The van der Waals surface area contributed by atoms with Gasteiger partial charge in [0.1, 0.15) is 5.78 Å². The van der Waals surface area contributed by atoms with Crippen molar-refractivity contribution in [1.82, 2.24) is 5.32 Å². The summed E-state index contributed by atoms with van der Waals surface area (Å²) in [4.78, 5) is 0. The Bertz CT molecular complexity index is 194. The first-order chi connectivity index (χ1) is 6.73. The van der Waals surface area contributed by atoms with E-state index in [1.165, 1.54) is 0 Å². The largest absolute Gasteiger partial charge is 0.347 e. The summed E-state index contributed by atoms with van der Waals surface area (Å²) in [6.07, 6.45) is 3.13. The van der Waals surface area contributed by atoms with Gasteiger partial charge in [0.15, 0.2) is 0 Å². The minimum Gasteiger partial charge on any atom is -0.308 e. The lowest BCUT2D eigenvalue weighted by Gasteiger charge is -2.29. The molecule has 1 atom stereocenters. The molecule has 14 heavy (non-hydrogen) atoms. The van der Waals surface area contributed by atoms with Crippen LogP contribution >= 0.6 is 7.60 Å². The van der Waals surface area contributed by atoms with Crippen LogP contribution in [-0.4, -0.2) is 25.5 Å². The zero-order valence-corrected chi connectivity index (χ0v) is 9.89. The molecule has 0 radical (unpaired) electrons. The van der Waals surface area contributed by atoms with E-state index < -0.39 is 7.60 Å². The molecule has 1 N–H and O–H groups in total. The first-order valence-electron chi connectivity index (χ1n) is 5.35. The molecule has 1 aliphatic rings. The Morgan fingerprint density at radius 3 is 2.36 bits per heavy atom. The highest BCUT2D eigenvalue weighted by molar-refractivity contribution is 7.54. The maximum atomic E-state index is 12.3. The van der Waals surface area contributed by atoms with Gasteiger partial charge in [-0.15, -0.1) is 0 Å². The number of rotatable bonds is 5. The summed E-state index contributed by atoms with van der Waals surface area (Å²) >= 11 is 0. The van der Waals surface area contributed by atoms with Crippen molar-refractivity contribution < 1.29 is 13.6 Å². The zero-order valence-electron chi connectivity index (χ0n) is 8.99. The van der Waals surface area contributed by atoms with Gasteiger partial charge in [0.2, 0.25) is 0 Å². The van der Waals surface area contributed by atoms with Gasteiger partial charge in [-0.05, 0) is 39.7 Å². The summed E-state index contributed by atoms with van der Waals surface area (Å²) in [6, 6.07) is 0. The van der Waals surface area contributed by atoms with Crippen molar-refractivity contribution in [3.63, 3.8) is 0 Å². The third-order valence-electron chi connectivity index (χ3n) is 2.28. The second-order valence-electron chi connectivity index (χ2n) is 3.34. The van der Waals surface area contributed by atoms with Crippen LogP contribution in [-0.2, 0) is 13.6 Å². The number of hydrogen-bond donors (Lipinski definition) is 1. The molecule has 1 rings (SSSR count). The molecule has 0 aromatic rings. The van der Waals surface area contributed by atoms with Gasteiger partial charge in [-0.3, -0.25) is 4.57 Å². The molecule has 1 saturated heterocycles. The fourth-order valence-corrected chi connectivity index (χ4v) is 3.69. The fraction of sp³-hybridized carbons (Fsp3) is 1.00. The van der Waals surface area contributed by atoms with E-state index in [1.807, 2.05) is 13.8 Å². The van der Waals surface area contributed by atoms with Crippen molar-refractivity contribution in [3.05, 3.63) is 0 Å². The standard InChI is InChI=1S/C9H20NO3P/c1-3-12-14(11,13-4-2)9-7-5-6-8-10-9/h9-10H,3-8H2,1-2H3. The molecule has 4 nitrogen and oxygen atoms in total. The van der Waals surface area contributed by atoms with Crippen LogP contribution in [0.3, 0.4) is 0 Å². The lowest BCUT2D eigenvalue weighted by molar-refractivity contribution is 0.202. The zero-order chi connectivity index (χ0) is 10.4. The molecule has 0 bridgehead atoms. The SMILES string of the molecule is CCOP(=O)(OCC)C1CCCCN1. The molecular weight excluding hydrogens is 201 g/mol. The topological polar surface area (TPSA) is 47.6 Å². The number of piperidine rings is 1. The molecule has 1 fully saturated rings. The van der Waals surface area contributed by atoms with Crippen LogP contribution in [0.15, 0.2) is 0 Å². The third kappa shape index (κ3) is 3.06. The lowest BCUT2D eigenvalue weighted by Crippen LogP contribution is -2.35. The van der Waals surface area contributed by atoms with E-state index in [2.05, 4.69) is 5.32 Å². The van der Waals surface area contributed by atoms with Gasteiger partial charge in [0, 0.05) is 0 Å². The van der Waals surface area contributed by atoms with Crippen LogP contribution in [0.4, 0.5) is 0 Å². The Kier molecular flexibility index (Phi) is 5.10. The van der Waals surface area contributed by atoms with Crippen LogP contribution in [0, 0.1) is 0 Å². The molecule has 0 amide bonds. The highest BCUT2D eigenvalue weighted by atomic mass is 31.2. The van der Waals surface area contributed by atoms with Gasteiger partial charge in [0.25, 0.3) is 0 Å². The average Bonchev–Trinajstić information content (AvgIpc) is 2.20. The molecular formula is C9H20NO3P. The maximum absolute atomic E-state index is 12.3. The van der Waals surface area contributed by atoms with Crippen molar-refractivity contribution in [1.29, 1.82) is 0 Å². The second-order valence-corrected chi connectivity index (χ2v) is 5.56. The van der Waals surface area contributed by atoms with E-state index in [1.54, 1.807) is 0 Å². The van der Waals surface area contributed by atoms with Gasteiger partial charge in [-0.2, -0.15) is 0 Å². The summed E-state index contributed by atoms with van der Waals surface area (Å²) in [6.45, 7) is 5.47. The Labute approximate surface area is 85.9 Å². The normalized spacial score (nSPS) is 23.7. The summed E-state index contributed by atoms with van der Waals surface area (Å²) in [5.74, 6) is -0.101. The summed E-state index contributed by atoms with van der Waals surface area (Å²) in [5.41, 5.74) is 0. The van der Waals surface area contributed by atoms with E-state index in [0.717, 1.165) is 25.8 Å². The highest BCUT2D eigenvalue weighted by Gasteiger charge is 2.35. The number of hydrogen-bond acceptors (Lipinski definition) is 4. The van der Waals surface area contributed by atoms with Crippen molar-refractivity contribution in [2.75, 3.05) is 19.8 Å². The van der Waals surface area contributed by atoms with E-state index in [9.17, 15) is 4.57 Å². The van der Waals surface area contributed by atoms with Crippen LogP contribution in [0.25, 0.3) is 0 Å². The maximum Gasteiger partial charge on any atom is 0.347 e. The van der Waals surface area contributed by atoms with Gasteiger partial charge in [-0.25, -0.2) is 0 Å². The summed E-state index contributed by atoms with van der Waals surface area (Å²) in [7, 11) is -2.91. The van der Waals surface area contributed by atoms with Crippen molar-refractivity contribution in [3.8, 4) is 0 Å². The van der Waals surface area contributed by atoms with Crippen LogP contribution < -0.4 is 5.32 Å². The van der Waals surface area contributed by atoms with Gasteiger partial charge < -0.3 is 14.4 Å². The molecule has 0 spiro atoms. The van der Waals surface area contributed by atoms with E-state index in [-0.39, 0.29) is 5.78 Å². The Balaban J connectivity index is 2.59. The molecule has 0 aromatic carbocycles. The van der Waals surface area contributed by atoms with Gasteiger partial charge in [-0.1, -0.05) is 0 Å². The molecule has 0 aliphatic carbocycles. The Hall–Kier alpha value is 0.110. The Morgan fingerprint density at radius 2 is 1.93 bits per heavy atom. The predicted molar refractivity (Wildman–Crippen MR) is 56.5 cm³/mol. The van der Waals surface area contributed by atoms with Crippen molar-refractivity contribution >= 4 is 7.60 Å². The molecule has 84 valence electrons. The monoisotopic (exact) mass is 221 g/mol. The molecule has 1 aliphatic heterocycles. The average molecular weight is 221 g/mol. The van der Waals surface area contributed by atoms with Crippen LogP contribution in [0.2, 0.25) is 0 Å². The molecule has 5 heteroatoms. The van der Waals surface area contributed by atoms with Gasteiger partial charge in [0.05, 0.1) is 13.2 Å². The first kappa shape index (κ1) is 12.2. The molecule has 0 aromatic heterocycles. The quantitative estimate of drug-likeness (QED) is 0.724. The fourth-order valence-electron chi connectivity index (χ4n) is 1.68. The van der Waals surface area contributed by atoms with E-state index >= 15 is 0 Å². The van der Waals surface area contributed by atoms with Crippen LogP contribution in [0.1, 0.15) is 33.1 Å². The van der Waals surface area contributed by atoms with Crippen molar-refractivity contribution in [2.45, 2.75) is 38.9 Å². The van der Waals surface area contributed by atoms with E-state index in [0.29, 0.717) is 13.2 Å². The first-order valence-corrected chi connectivity index (χ1v) is 6.96. The lowest BCUT2D eigenvalue weighted by atomic mass is 10.2. The molecule has 0 saturated carbocycles. The van der Waals surface area contributed by atoms with Gasteiger partial charge >= 0.3 is 7.60 Å². The Morgan fingerprint density at radius 1 is 1.29 bits per heavy atom.